The summed E-state index contributed by atoms with van der Waals surface area (Å²) < 4.78 is 12.8. The second-order valence-corrected chi connectivity index (χ2v) is 2.97. The van der Waals surface area contributed by atoms with Crippen molar-refractivity contribution in [3.05, 3.63) is 41.7 Å². The first kappa shape index (κ1) is 10.7. The van der Waals surface area contributed by atoms with Crippen LogP contribution in [-0.2, 0) is 6.42 Å². The summed E-state index contributed by atoms with van der Waals surface area (Å²) in [6.07, 6.45) is 4.67. The molecule has 1 aromatic carbocycles. The molecule has 1 rings (SSSR count). The zero-order valence-electron chi connectivity index (χ0n) is 7.78. The molecule has 0 aliphatic rings. The van der Waals surface area contributed by atoms with Gasteiger partial charge in [-0.2, -0.15) is 0 Å². The Kier molecular flexibility index (Phi) is 4.13. The fourth-order valence-electron chi connectivity index (χ4n) is 1.19. The summed E-state index contributed by atoms with van der Waals surface area (Å²) in [5.74, 6) is -0.229. The van der Waals surface area contributed by atoms with Gasteiger partial charge in [0.1, 0.15) is 11.6 Å². The van der Waals surface area contributed by atoms with Crippen LogP contribution in [-0.4, -0.2) is 16.8 Å². The van der Waals surface area contributed by atoms with Gasteiger partial charge in [0.2, 0.25) is 0 Å². The van der Waals surface area contributed by atoms with Crippen LogP contribution >= 0.6 is 0 Å². The number of phenolic OH excluding ortho intramolecular Hbond substituents is 1. The van der Waals surface area contributed by atoms with Crippen molar-refractivity contribution in [1.29, 1.82) is 0 Å². The lowest BCUT2D eigenvalue weighted by atomic mass is 10.1. The predicted molar refractivity (Wildman–Crippen MR) is 52.6 cm³/mol. The third-order valence-electron chi connectivity index (χ3n) is 1.89. The molecule has 0 bridgehead atoms. The number of phenols is 1. The first-order chi connectivity index (χ1) is 6.74. The fourth-order valence-corrected chi connectivity index (χ4v) is 1.19. The van der Waals surface area contributed by atoms with E-state index in [-0.39, 0.29) is 18.2 Å². The van der Waals surface area contributed by atoms with Crippen LogP contribution in [0.5, 0.6) is 5.75 Å². The highest BCUT2D eigenvalue weighted by atomic mass is 19.1. The average Bonchev–Trinajstić information content (AvgIpc) is 2.18. The molecule has 0 aromatic heterocycles. The molecule has 0 fully saturated rings. The molecule has 0 aliphatic carbocycles. The minimum atomic E-state index is -0.344. The summed E-state index contributed by atoms with van der Waals surface area (Å²) >= 11 is 0. The van der Waals surface area contributed by atoms with E-state index in [1.807, 2.05) is 0 Å². The summed E-state index contributed by atoms with van der Waals surface area (Å²) in [5, 5.41) is 17.8. The largest absolute Gasteiger partial charge is 0.508 e. The van der Waals surface area contributed by atoms with Crippen molar-refractivity contribution in [2.24, 2.45) is 0 Å². The van der Waals surface area contributed by atoms with Gasteiger partial charge in [-0.15, -0.1) is 0 Å². The van der Waals surface area contributed by atoms with Gasteiger partial charge in [0.15, 0.2) is 0 Å². The van der Waals surface area contributed by atoms with Crippen LogP contribution in [0.25, 0.3) is 0 Å². The Hall–Kier alpha value is -1.35. The topological polar surface area (TPSA) is 40.5 Å². The molecule has 0 spiro atoms. The van der Waals surface area contributed by atoms with Crippen molar-refractivity contribution in [1.82, 2.24) is 0 Å². The van der Waals surface area contributed by atoms with E-state index in [4.69, 9.17) is 5.11 Å². The van der Waals surface area contributed by atoms with Crippen LogP contribution in [0.3, 0.4) is 0 Å². The highest BCUT2D eigenvalue weighted by molar-refractivity contribution is 5.32. The normalized spacial score (nSPS) is 11.0. The molecule has 2 N–H and O–H groups in total. The maximum atomic E-state index is 12.8. The lowest BCUT2D eigenvalue weighted by Crippen LogP contribution is -1.86. The smallest absolute Gasteiger partial charge is 0.123 e. The lowest BCUT2D eigenvalue weighted by Gasteiger charge is -2.02. The number of allylic oxidation sites excluding steroid dienone is 1. The minimum absolute atomic E-state index is 0.00906. The maximum Gasteiger partial charge on any atom is 0.123 e. The van der Waals surface area contributed by atoms with Crippen LogP contribution in [0.2, 0.25) is 0 Å². The second kappa shape index (κ2) is 5.40. The van der Waals surface area contributed by atoms with Gasteiger partial charge in [-0.05, 0) is 36.6 Å². The molecule has 76 valence electrons. The van der Waals surface area contributed by atoms with Gasteiger partial charge in [0.05, 0.1) is 6.61 Å². The average molecular weight is 196 g/mol. The monoisotopic (exact) mass is 196 g/mol. The SMILES string of the molecule is OC/C=C/CCc1cc(F)ccc1O. The van der Waals surface area contributed by atoms with Crippen molar-refractivity contribution in [2.45, 2.75) is 12.8 Å². The van der Waals surface area contributed by atoms with Crippen LogP contribution in [0.15, 0.2) is 30.4 Å². The molecule has 0 heterocycles. The summed E-state index contributed by atoms with van der Waals surface area (Å²) in [4.78, 5) is 0. The lowest BCUT2D eigenvalue weighted by molar-refractivity contribution is 0.342. The number of hydrogen-bond donors (Lipinski definition) is 2. The molecule has 0 saturated heterocycles. The zero-order chi connectivity index (χ0) is 10.4. The Morgan fingerprint density at radius 3 is 2.79 bits per heavy atom. The first-order valence-electron chi connectivity index (χ1n) is 4.47. The number of hydrogen-bond acceptors (Lipinski definition) is 2. The van der Waals surface area contributed by atoms with Gasteiger partial charge < -0.3 is 10.2 Å². The molecule has 0 unspecified atom stereocenters. The quantitative estimate of drug-likeness (QED) is 0.723. The van der Waals surface area contributed by atoms with Gasteiger partial charge in [-0.25, -0.2) is 4.39 Å². The molecular weight excluding hydrogens is 183 g/mol. The maximum absolute atomic E-state index is 12.8. The molecule has 3 heteroatoms. The molecule has 0 amide bonds. The van der Waals surface area contributed by atoms with Crippen LogP contribution in [0.4, 0.5) is 4.39 Å². The molecule has 1 aromatic rings. The van der Waals surface area contributed by atoms with Crippen molar-refractivity contribution >= 4 is 0 Å². The molecule has 14 heavy (non-hydrogen) atoms. The Bertz CT molecular complexity index is 321. The predicted octanol–water partition coefficient (Wildman–Crippen LogP) is 2.01. The van der Waals surface area contributed by atoms with Gasteiger partial charge in [-0.3, -0.25) is 0 Å². The van der Waals surface area contributed by atoms with Gasteiger partial charge in [-0.1, -0.05) is 12.2 Å². The van der Waals surface area contributed by atoms with E-state index in [1.165, 1.54) is 18.2 Å². The highest BCUT2D eigenvalue weighted by Gasteiger charge is 2.00. The number of aromatic hydroxyl groups is 1. The third kappa shape index (κ3) is 3.18. The van der Waals surface area contributed by atoms with E-state index in [2.05, 4.69) is 0 Å². The molecule has 0 saturated carbocycles. The zero-order valence-corrected chi connectivity index (χ0v) is 7.78. The Morgan fingerprint density at radius 2 is 2.07 bits per heavy atom. The number of benzene rings is 1. The summed E-state index contributed by atoms with van der Waals surface area (Å²) in [6.45, 7) is 0.00906. The molecule has 0 aliphatic heterocycles. The Labute approximate surface area is 82.3 Å². The number of aliphatic hydroxyl groups is 1. The number of halogens is 1. The van der Waals surface area contributed by atoms with E-state index < -0.39 is 0 Å². The number of aliphatic hydroxyl groups excluding tert-OH is 1. The molecular formula is C11H13FO2. The van der Waals surface area contributed by atoms with Crippen LogP contribution in [0, 0.1) is 5.82 Å². The highest BCUT2D eigenvalue weighted by Crippen LogP contribution is 2.19. The van der Waals surface area contributed by atoms with E-state index in [0.717, 1.165) is 0 Å². The van der Waals surface area contributed by atoms with E-state index in [1.54, 1.807) is 12.2 Å². The molecule has 2 nitrogen and oxygen atoms in total. The van der Waals surface area contributed by atoms with Gasteiger partial charge in [0, 0.05) is 0 Å². The van der Waals surface area contributed by atoms with Gasteiger partial charge in [0.25, 0.3) is 0 Å². The summed E-state index contributed by atoms with van der Waals surface area (Å²) in [7, 11) is 0. The van der Waals surface area contributed by atoms with Crippen molar-refractivity contribution in [3.8, 4) is 5.75 Å². The summed E-state index contributed by atoms with van der Waals surface area (Å²) in [5.41, 5.74) is 0.590. The fraction of sp³-hybridized carbons (Fsp3) is 0.273. The van der Waals surface area contributed by atoms with E-state index in [9.17, 15) is 9.50 Å². The standard InChI is InChI=1S/C11H13FO2/c12-10-5-6-11(14)9(8-10)4-2-1-3-7-13/h1,3,5-6,8,13-14H,2,4,7H2/b3-1+. The Morgan fingerprint density at radius 1 is 1.29 bits per heavy atom. The van der Waals surface area contributed by atoms with Crippen LogP contribution < -0.4 is 0 Å². The number of rotatable bonds is 4. The third-order valence-corrected chi connectivity index (χ3v) is 1.89. The van der Waals surface area contributed by atoms with Crippen molar-refractivity contribution < 1.29 is 14.6 Å². The second-order valence-electron chi connectivity index (χ2n) is 2.97. The van der Waals surface area contributed by atoms with E-state index in [0.29, 0.717) is 18.4 Å². The van der Waals surface area contributed by atoms with Crippen molar-refractivity contribution in [2.75, 3.05) is 6.61 Å². The van der Waals surface area contributed by atoms with Crippen molar-refractivity contribution in [3.63, 3.8) is 0 Å². The summed E-state index contributed by atoms with van der Waals surface area (Å²) in [6, 6.07) is 3.89. The molecule has 0 atom stereocenters. The number of aryl methyl sites for hydroxylation is 1. The van der Waals surface area contributed by atoms with E-state index >= 15 is 0 Å². The Balaban J connectivity index is 2.57. The van der Waals surface area contributed by atoms with Gasteiger partial charge >= 0.3 is 0 Å². The van der Waals surface area contributed by atoms with Crippen LogP contribution in [0.1, 0.15) is 12.0 Å². The molecule has 0 radical (unpaired) electrons. The minimum Gasteiger partial charge on any atom is -0.508 e. The first-order valence-corrected chi connectivity index (χ1v) is 4.47.